The maximum atomic E-state index is 13.0. The topological polar surface area (TPSA) is 89.5 Å². The van der Waals surface area contributed by atoms with Crippen LogP contribution in [0.4, 0.5) is 0 Å². The quantitative estimate of drug-likeness (QED) is 0.460. The smallest absolute Gasteiger partial charge is 0.339 e. The molecule has 3 aliphatic rings. The molecular formula is C25H20Cl3NO5S. The van der Waals surface area contributed by atoms with E-state index >= 15 is 0 Å². The van der Waals surface area contributed by atoms with Crippen LogP contribution >= 0.6 is 34.8 Å². The van der Waals surface area contributed by atoms with E-state index in [1.165, 1.54) is 36.4 Å². The monoisotopic (exact) mass is 551 g/mol. The number of benzene rings is 2. The molecule has 10 heteroatoms. The summed E-state index contributed by atoms with van der Waals surface area (Å²) in [5.74, 6) is -0.883. The fourth-order valence-electron chi connectivity index (χ4n) is 4.90. The second-order valence-corrected chi connectivity index (χ2v) is 11.5. The van der Waals surface area contributed by atoms with Crippen LogP contribution in [0.2, 0.25) is 15.1 Å². The van der Waals surface area contributed by atoms with Gasteiger partial charge in [0, 0.05) is 46.3 Å². The Morgan fingerprint density at radius 2 is 1.31 bits per heavy atom. The number of hydrogen-bond donors (Lipinski definition) is 1. The Labute approximate surface area is 218 Å². The molecule has 0 amide bonds. The summed E-state index contributed by atoms with van der Waals surface area (Å²) < 4.78 is 30.8. The van der Waals surface area contributed by atoms with Crippen LogP contribution in [0.1, 0.15) is 50.0 Å². The number of dihydropyridines is 1. The molecular weight excluding hydrogens is 533 g/mol. The van der Waals surface area contributed by atoms with Crippen LogP contribution in [-0.2, 0) is 19.7 Å². The summed E-state index contributed by atoms with van der Waals surface area (Å²) in [6.07, 6.45) is 3.70. The zero-order valence-electron chi connectivity index (χ0n) is 18.4. The molecule has 35 heavy (non-hydrogen) atoms. The number of rotatable bonds is 4. The van der Waals surface area contributed by atoms with Gasteiger partial charge in [-0.3, -0.25) is 9.59 Å². The Balaban J connectivity index is 1.58. The highest BCUT2D eigenvalue weighted by molar-refractivity contribution is 7.87. The van der Waals surface area contributed by atoms with Gasteiger partial charge in [-0.2, -0.15) is 8.42 Å². The van der Waals surface area contributed by atoms with E-state index < -0.39 is 16.0 Å². The number of nitrogens with one attached hydrogen (secondary N) is 1. The molecule has 1 aliphatic heterocycles. The number of ketones is 2. The highest BCUT2D eigenvalue weighted by atomic mass is 35.5. The van der Waals surface area contributed by atoms with Crippen LogP contribution in [0, 0.1) is 0 Å². The summed E-state index contributed by atoms with van der Waals surface area (Å²) in [4.78, 5) is 25.9. The first-order chi connectivity index (χ1) is 16.7. The van der Waals surface area contributed by atoms with Crippen molar-refractivity contribution in [1.82, 2.24) is 5.32 Å². The predicted octanol–water partition coefficient (Wildman–Crippen LogP) is 6.12. The van der Waals surface area contributed by atoms with Gasteiger partial charge in [0.15, 0.2) is 17.3 Å². The van der Waals surface area contributed by atoms with Crippen molar-refractivity contribution in [2.45, 2.75) is 49.3 Å². The van der Waals surface area contributed by atoms with Crippen molar-refractivity contribution in [3.05, 3.63) is 79.6 Å². The second-order valence-electron chi connectivity index (χ2n) is 8.70. The highest BCUT2D eigenvalue weighted by Gasteiger charge is 2.40. The van der Waals surface area contributed by atoms with Crippen molar-refractivity contribution in [3.63, 3.8) is 0 Å². The molecule has 1 heterocycles. The first-order valence-corrected chi connectivity index (χ1v) is 13.7. The molecule has 0 bridgehead atoms. The standard InChI is InChI=1S/C25H20Cl3NO5S/c26-14-7-9-15(10-8-14)35(32,33)34-25-16(27)11-13(12-17(25)28)22-23-18(3-1-5-20(23)30)29-19-4-2-6-21(31)24(19)22/h7-12,22,29H,1-6H2. The average Bonchev–Trinajstić information content (AvgIpc) is 2.81. The van der Waals surface area contributed by atoms with Gasteiger partial charge in [0.25, 0.3) is 0 Å². The minimum Gasteiger partial charge on any atom is -0.376 e. The van der Waals surface area contributed by atoms with Crippen molar-refractivity contribution in [1.29, 1.82) is 0 Å². The van der Waals surface area contributed by atoms with Gasteiger partial charge in [0.1, 0.15) is 4.90 Å². The van der Waals surface area contributed by atoms with Crippen LogP contribution in [0.15, 0.2) is 63.8 Å². The van der Waals surface area contributed by atoms with Gasteiger partial charge in [-0.05, 0) is 67.6 Å². The van der Waals surface area contributed by atoms with E-state index in [1.807, 2.05) is 0 Å². The van der Waals surface area contributed by atoms with E-state index in [9.17, 15) is 18.0 Å². The molecule has 0 spiro atoms. The van der Waals surface area contributed by atoms with Crippen LogP contribution < -0.4 is 9.50 Å². The van der Waals surface area contributed by atoms with Crippen LogP contribution in [0.25, 0.3) is 0 Å². The molecule has 5 rings (SSSR count). The fourth-order valence-corrected chi connectivity index (χ4v) is 6.66. The molecule has 0 aromatic heterocycles. The zero-order chi connectivity index (χ0) is 24.9. The Bertz CT molecular complexity index is 1360. The molecule has 6 nitrogen and oxygen atoms in total. The Morgan fingerprint density at radius 1 is 0.800 bits per heavy atom. The number of hydrogen-bond acceptors (Lipinski definition) is 6. The van der Waals surface area contributed by atoms with Gasteiger partial charge in [-0.25, -0.2) is 0 Å². The number of halogens is 3. The average molecular weight is 553 g/mol. The van der Waals surface area contributed by atoms with Gasteiger partial charge in [0.2, 0.25) is 0 Å². The number of Topliss-reactive ketones (excluding diaryl/α,β-unsaturated/α-hetero) is 2. The van der Waals surface area contributed by atoms with Gasteiger partial charge < -0.3 is 9.50 Å². The molecule has 2 aromatic carbocycles. The predicted molar refractivity (Wildman–Crippen MR) is 133 cm³/mol. The second kappa shape index (κ2) is 9.28. The third kappa shape index (κ3) is 4.51. The number of carbonyl (C=O) groups excluding carboxylic acids is 2. The molecule has 2 aromatic rings. The molecule has 182 valence electrons. The van der Waals surface area contributed by atoms with Crippen LogP contribution in [-0.4, -0.2) is 20.0 Å². The van der Waals surface area contributed by atoms with Crippen molar-refractivity contribution in [2.24, 2.45) is 0 Å². The summed E-state index contributed by atoms with van der Waals surface area (Å²) in [7, 11) is -4.23. The first kappa shape index (κ1) is 24.4. The maximum Gasteiger partial charge on any atom is 0.339 e. The lowest BCUT2D eigenvalue weighted by atomic mass is 9.71. The molecule has 2 aliphatic carbocycles. The van der Waals surface area contributed by atoms with Crippen molar-refractivity contribution in [3.8, 4) is 5.75 Å². The van der Waals surface area contributed by atoms with E-state index in [0.29, 0.717) is 47.4 Å². The Hall–Kier alpha value is -2.32. The molecule has 0 atom stereocenters. The summed E-state index contributed by atoms with van der Waals surface area (Å²) in [5, 5.41) is 3.64. The van der Waals surface area contributed by atoms with E-state index in [2.05, 4.69) is 5.32 Å². The lowest BCUT2D eigenvalue weighted by molar-refractivity contribution is -0.117. The van der Waals surface area contributed by atoms with Gasteiger partial charge in [0.05, 0.1) is 10.0 Å². The zero-order valence-corrected chi connectivity index (χ0v) is 21.5. The summed E-state index contributed by atoms with van der Waals surface area (Å²) >= 11 is 18.8. The SMILES string of the molecule is O=C1CCCC2=C1C(c1cc(Cl)c(OS(=O)(=O)c3ccc(Cl)cc3)c(Cl)c1)C1=C(CCCC1=O)N2. The summed E-state index contributed by atoms with van der Waals surface area (Å²) in [5.41, 5.74) is 3.32. The van der Waals surface area contributed by atoms with Gasteiger partial charge >= 0.3 is 10.1 Å². The fraction of sp³-hybridized carbons (Fsp3) is 0.280. The number of carbonyl (C=O) groups is 2. The molecule has 0 saturated heterocycles. The van der Waals surface area contributed by atoms with Crippen molar-refractivity contribution < 1.29 is 22.2 Å². The summed E-state index contributed by atoms with van der Waals surface area (Å²) in [6, 6.07) is 8.53. The van der Waals surface area contributed by atoms with Crippen molar-refractivity contribution in [2.75, 3.05) is 0 Å². The van der Waals surface area contributed by atoms with Crippen LogP contribution in [0.3, 0.4) is 0 Å². The minimum atomic E-state index is -4.23. The largest absolute Gasteiger partial charge is 0.376 e. The third-order valence-electron chi connectivity index (χ3n) is 6.44. The normalized spacial score (nSPS) is 18.8. The van der Waals surface area contributed by atoms with Gasteiger partial charge in [-0.15, -0.1) is 0 Å². The molecule has 0 fully saturated rings. The molecule has 1 N–H and O–H groups in total. The van der Waals surface area contributed by atoms with Crippen molar-refractivity contribution >= 4 is 56.5 Å². The van der Waals surface area contributed by atoms with E-state index in [0.717, 1.165) is 24.2 Å². The van der Waals surface area contributed by atoms with E-state index in [4.69, 9.17) is 39.0 Å². The lowest BCUT2D eigenvalue weighted by Gasteiger charge is -2.37. The molecule has 0 unspecified atom stereocenters. The minimum absolute atomic E-state index is 0.0217. The third-order valence-corrected chi connectivity index (χ3v) is 8.49. The maximum absolute atomic E-state index is 13.0. The van der Waals surface area contributed by atoms with Crippen LogP contribution in [0.5, 0.6) is 5.75 Å². The Kier molecular flexibility index (Phi) is 6.46. The Morgan fingerprint density at radius 3 is 1.83 bits per heavy atom. The number of allylic oxidation sites excluding steroid dienone is 4. The lowest BCUT2D eigenvalue weighted by Crippen LogP contribution is -2.36. The first-order valence-electron chi connectivity index (χ1n) is 11.1. The molecule has 0 saturated carbocycles. The van der Waals surface area contributed by atoms with E-state index in [-0.39, 0.29) is 32.3 Å². The molecule has 0 radical (unpaired) electrons. The van der Waals surface area contributed by atoms with E-state index in [1.54, 1.807) is 0 Å². The highest BCUT2D eigenvalue weighted by Crippen LogP contribution is 2.48. The van der Waals surface area contributed by atoms with Gasteiger partial charge in [-0.1, -0.05) is 34.8 Å². The summed E-state index contributed by atoms with van der Waals surface area (Å²) in [6.45, 7) is 0.